The Labute approximate surface area is 211 Å². The average Bonchev–Trinajstić information content (AvgIpc) is 3.32. The van der Waals surface area contributed by atoms with E-state index in [1.54, 1.807) is 0 Å². The molecule has 1 fully saturated rings. The third-order valence-corrected chi connectivity index (χ3v) is 7.52. The van der Waals surface area contributed by atoms with Gasteiger partial charge < -0.3 is 13.9 Å². The Hall–Kier alpha value is -3.92. The van der Waals surface area contributed by atoms with Gasteiger partial charge in [0.25, 0.3) is 0 Å². The minimum absolute atomic E-state index is 0.404. The standard InChI is InChI=1S/C30H26BN3O2/c1-29(2)30(3,4)36-31(35-29)28-15-12-22(19-33-28)21-11-14-27-25(17-21)24-16-20(18-32)10-13-26(24)34(27)23-8-6-5-7-9-23/h5-17,19H,1-4H3. The van der Waals surface area contributed by atoms with E-state index in [9.17, 15) is 5.26 Å². The molecule has 6 rings (SSSR count). The van der Waals surface area contributed by atoms with Gasteiger partial charge in [-0.15, -0.1) is 0 Å². The Bertz CT molecular complexity index is 1630. The Balaban J connectivity index is 1.44. The van der Waals surface area contributed by atoms with Crippen LogP contribution in [0.5, 0.6) is 0 Å². The normalized spacial score (nSPS) is 16.5. The molecule has 0 atom stereocenters. The predicted molar refractivity (Wildman–Crippen MR) is 144 cm³/mol. The number of aromatic nitrogens is 2. The van der Waals surface area contributed by atoms with E-state index in [2.05, 4.69) is 47.0 Å². The van der Waals surface area contributed by atoms with Crippen molar-refractivity contribution in [1.29, 1.82) is 5.26 Å². The fraction of sp³-hybridized carbons (Fsp3) is 0.200. The van der Waals surface area contributed by atoms with Crippen molar-refractivity contribution in [3.63, 3.8) is 0 Å². The summed E-state index contributed by atoms with van der Waals surface area (Å²) in [5.41, 5.74) is 5.92. The lowest BCUT2D eigenvalue weighted by atomic mass is 9.84. The van der Waals surface area contributed by atoms with Gasteiger partial charge in [-0.2, -0.15) is 5.26 Å². The smallest absolute Gasteiger partial charge is 0.398 e. The van der Waals surface area contributed by atoms with Crippen molar-refractivity contribution in [3.8, 4) is 22.9 Å². The molecule has 6 heteroatoms. The minimum atomic E-state index is -0.486. The van der Waals surface area contributed by atoms with Crippen molar-refractivity contribution in [1.82, 2.24) is 9.55 Å². The molecule has 1 aliphatic rings. The first kappa shape index (κ1) is 22.5. The molecular formula is C30H26BN3O2. The molecule has 0 spiro atoms. The molecule has 1 aliphatic heterocycles. The highest BCUT2D eigenvalue weighted by Gasteiger charge is 2.52. The number of fused-ring (bicyclic) bond motifs is 3. The Morgan fingerprint density at radius 2 is 1.42 bits per heavy atom. The molecule has 0 aliphatic carbocycles. The van der Waals surface area contributed by atoms with Gasteiger partial charge in [-0.3, -0.25) is 4.98 Å². The molecule has 2 aromatic heterocycles. The van der Waals surface area contributed by atoms with Crippen molar-refractivity contribution >= 4 is 34.5 Å². The largest absolute Gasteiger partial charge is 0.514 e. The molecule has 3 aromatic carbocycles. The number of rotatable bonds is 3. The Morgan fingerprint density at radius 1 is 0.778 bits per heavy atom. The van der Waals surface area contributed by atoms with Crippen LogP contribution in [0.15, 0.2) is 85.1 Å². The molecule has 0 N–H and O–H groups in total. The third kappa shape index (κ3) is 3.52. The van der Waals surface area contributed by atoms with Crippen molar-refractivity contribution in [3.05, 3.63) is 90.6 Å². The number of nitriles is 1. The second kappa shape index (κ2) is 8.06. The molecule has 0 saturated carbocycles. The summed E-state index contributed by atoms with van der Waals surface area (Å²) < 4.78 is 14.6. The van der Waals surface area contributed by atoms with Crippen LogP contribution in [0.2, 0.25) is 0 Å². The molecule has 5 nitrogen and oxygen atoms in total. The van der Waals surface area contributed by atoms with Gasteiger partial charge in [-0.05, 0) is 87.4 Å². The van der Waals surface area contributed by atoms with E-state index in [1.807, 2.05) is 76.4 Å². The maximum absolute atomic E-state index is 9.52. The zero-order chi connectivity index (χ0) is 25.1. The van der Waals surface area contributed by atoms with Crippen LogP contribution in [-0.2, 0) is 9.31 Å². The van der Waals surface area contributed by atoms with Crippen molar-refractivity contribution < 1.29 is 9.31 Å². The zero-order valence-corrected chi connectivity index (χ0v) is 20.8. The third-order valence-electron chi connectivity index (χ3n) is 7.52. The van der Waals surface area contributed by atoms with Crippen molar-refractivity contribution in [2.24, 2.45) is 0 Å². The van der Waals surface area contributed by atoms with Crippen LogP contribution in [0.1, 0.15) is 33.3 Å². The Kier molecular flexibility index (Phi) is 5.05. The molecule has 5 aromatic rings. The molecular weight excluding hydrogens is 445 g/mol. The van der Waals surface area contributed by atoms with Gasteiger partial charge in [0.2, 0.25) is 0 Å². The predicted octanol–water partition coefficient (Wildman–Crippen LogP) is 6.02. The monoisotopic (exact) mass is 471 g/mol. The number of hydrogen-bond donors (Lipinski definition) is 0. The quantitative estimate of drug-likeness (QED) is 0.302. The van der Waals surface area contributed by atoms with Gasteiger partial charge in [-0.25, -0.2) is 0 Å². The molecule has 3 heterocycles. The summed E-state index contributed by atoms with van der Waals surface area (Å²) in [6, 6.07) is 28.9. The van der Waals surface area contributed by atoms with Crippen LogP contribution in [0.3, 0.4) is 0 Å². The van der Waals surface area contributed by atoms with E-state index < -0.39 is 18.3 Å². The highest BCUT2D eigenvalue weighted by molar-refractivity contribution is 6.61. The van der Waals surface area contributed by atoms with Crippen molar-refractivity contribution in [2.75, 3.05) is 0 Å². The number of nitrogens with zero attached hydrogens (tertiary/aromatic N) is 3. The van der Waals surface area contributed by atoms with Crippen LogP contribution in [-0.4, -0.2) is 27.9 Å². The first-order chi connectivity index (χ1) is 17.3. The van der Waals surface area contributed by atoms with Crippen LogP contribution < -0.4 is 5.59 Å². The summed E-state index contributed by atoms with van der Waals surface area (Å²) in [6.45, 7) is 8.17. The molecule has 0 radical (unpaired) electrons. The molecule has 0 bridgehead atoms. The topological polar surface area (TPSA) is 60.1 Å². The van der Waals surface area contributed by atoms with E-state index in [0.717, 1.165) is 44.2 Å². The fourth-order valence-electron chi connectivity index (χ4n) is 4.81. The van der Waals surface area contributed by atoms with Crippen LogP contribution in [0, 0.1) is 11.3 Å². The van der Waals surface area contributed by atoms with E-state index in [1.165, 1.54) is 0 Å². The number of hydrogen-bond acceptors (Lipinski definition) is 4. The molecule has 1 saturated heterocycles. The highest BCUT2D eigenvalue weighted by Crippen LogP contribution is 2.37. The number of pyridine rings is 1. The van der Waals surface area contributed by atoms with Crippen molar-refractivity contribution in [2.45, 2.75) is 38.9 Å². The highest BCUT2D eigenvalue weighted by atomic mass is 16.7. The first-order valence-electron chi connectivity index (χ1n) is 12.1. The summed E-state index contributed by atoms with van der Waals surface area (Å²) >= 11 is 0. The minimum Gasteiger partial charge on any atom is -0.398 e. The van der Waals surface area contributed by atoms with Crippen LogP contribution in [0.25, 0.3) is 38.6 Å². The van der Waals surface area contributed by atoms with E-state index in [4.69, 9.17) is 14.3 Å². The molecule has 36 heavy (non-hydrogen) atoms. The fourth-order valence-corrected chi connectivity index (χ4v) is 4.81. The lowest BCUT2D eigenvalue weighted by Gasteiger charge is -2.32. The van der Waals surface area contributed by atoms with Crippen LogP contribution >= 0.6 is 0 Å². The number of para-hydroxylation sites is 1. The van der Waals surface area contributed by atoms with Gasteiger partial charge in [0.1, 0.15) is 0 Å². The maximum atomic E-state index is 9.52. The van der Waals surface area contributed by atoms with Gasteiger partial charge in [-0.1, -0.05) is 30.3 Å². The SMILES string of the molecule is CC1(C)OB(c2ccc(-c3ccc4c(c3)c3cc(C#N)ccc3n4-c3ccccc3)cn2)OC1(C)C. The summed E-state index contributed by atoms with van der Waals surface area (Å²) in [6.07, 6.45) is 1.87. The number of benzene rings is 3. The van der Waals surface area contributed by atoms with Gasteiger partial charge >= 0.3 is 7.12 Å². The van der Waals surface area contributed by atoms with E-state index >= 15 is 0 Å². The molecule has 176 valence electrons. The van der Waals surface area contributed by atoms with Gasteiger partial charge in [0, 0.05) is 22.7 Å². The second-order valence-electron chi connectivity index (χ2n) is 10.3. The lowest BCUT2D eigenvalue weighted by molar-refractivity contribution is 0.00578. The van der Waals surface area contributed by atoms with E-state index in [-0.39, 0.29) is 0 Å². The van der Waals surface area contributed by atoms with Gasteiger partial charge in [0.05, 0.1) is 39.5 Å². The van der Waals surface area contributed by atoms with Crippen LogP contribution in [0.4, 0.5) is 0 Å². The van der Waals surface area contributed by atoms with E-state index in [0.29, 0.717) is 5.56 Å². The first-order valence-corrected chi connectivity index (χ1v) is 12.1. The van der Waals surface area contributed by atoms with Gasteiger partial charge in [0.15, 0.2) is 0 Å². The summed E-state index contributed by atoms with van der Waals surface area (Å²) in [5, 5.41) is 11.7. The second-order valence-corrected chi connectivity index (χ2v) is 10.3. The average molecular weight is 471 g/mol. The summed E-state index contributed by atoms with van der Waals surface area (Å²) in [5.74, 6) is 0. The summed E-state index contributed by atoms with van der Waals surface area (Å²) in [4.78, 5) is 4.69. The molecule has 0 amide bonds. The maximum Gasteiger partial charge on any atom is 0.514 e. The molecule has 0 unspecified atom stereocenters. The Morgan fingerprint density at radius 3 is 2.06 bits per heavy atom. The lowest BCUT2D eigenvalue weighted by Crippen LogP contribution is -2.41. The summed E-state index contributed by atoms with van der Waals surface area (Å²) in [7, 11) is -0.486. The zero-order valence-electron chi connectivity index (χ0n) is 20.8.